The molecule has 0 fully saturated rings. The quantitative estimate of drug-likeness (QED) is 0.426. The molecule has 0 aromatic heterocycles. The van der Waals surface area contributed by atoms with Crippen molar-refractivity contribution in [2.45, 2.75) is 78.1 Å². The summed E-state index contributed by atoms with van der Waals surface area (Å²) in [5.74, 6) is 0. The molecule has 0 saturated heterocycles. The van der Waals surface area contributed by atoms with Crippen molar-refractivity contribution in [2.75, 3.05) is 0 Å². The van der Waals surface area contributed by atoms with Gasteiger partial charge in [0.25, 0.3) is 0 Å². The standard InChI is InChI=1S/C12H28OSi/c1-6-7-8-9-10-11-12(2)13-14(3,4)5/h12H,6-11H2,1-5H3. The van der Waals surface area contributed by atoms with Crippen LogP contribution in [0.3, 0.4) is 0 Å². The Balaban J connectivity index is 3.31. The highest BCUT2D eigenvalue weighted by atomic mass is 28.4. The molecule has 2 heteroatoms. The molecule has 1 atom stereocenters. The third-order valence-electron chi connectivity index (χ3n) is 2.27. The highest BCUT2D eigenvalue weighted by molar-refractivity contribution is 6.69. The van der Waals surface area contributed by atoms with Gasteiger partial charge in [-0.05, 0) is 33.0 Å². The van der Waals surface area contributed by atoms with Crippen LogP contribution in [0.4, 0.5) is 0 Å². The average molecular weight is 216 g/mol. The highest BCUT2D eigenvalue weighted by Gasteiger charge is 2.17. The van der Waals surface area contributed by atoms with Crippen LogP contribution in [0.2, 0.25) is 19.6 Å². The van der Waals surface area contributed by atoms with Gasteiger partial charge in [0.15, 0.2) is 8.32 Å². The second kappa shape index (κ2) is 7.47. The number of hydrogen-bond donors (Lipinski definition) is 0. The summed E-state index contributed by atoms with van der Waals surface area (Å²) in [5.41, 5.74) is 0. The first-order valence-corrected chi connectivity index (χ1v) is 9.54. The van der Waals surface area contributed by atoms with Crippen LogP contribution in [0.15, 0.2) is 0 Å². The predicted molar refractivity (Wildman–Crippen MR) is 67.3 cm³/mol. The van der Waals surface area contributed by atoms with E-state index in [-0.39, 0.29) is 0 Å². The molecule has 0 heterocycles. The van der Waals surface area contributed by atoms with E-state index >= 15 is 0 Å². The van der Waals surface area contributed by atoms with Gasteiger partial charge in [-0.1, -0.05) is 39.0 Å². The molecule has 0 aliphatic heterocycles. The SMILES string of the molecule is CCCCCCCC(C)O[Si](C)(C)C. The maximum atomic E-state index is 5.98. The molecule has 14 heavy (non-hydrogen) atoms. The average Bonchev–Trinajstić information content (AvgIpc) is 2.00. The molecule has 0 radical (unpaired) electrons. The molecular weight excluding hydrogens is 188 g/mol. The molecule has 0 bridgehead atoms. The van der Waals surface area contributed by atoms with E-state index in [1.807, 2.05) is 0 Å². The van der Waals surface area contributed by atoms with Gasteiger partial charge in [-0.2, -0.15) is 0 Å². The molecule has 1 unspecified atom stereocenters. The van der Waals surface area contributed by atoms with E-state index in [0.717, 1.165) is 0 Å². The van der Waals surface area contributed by atoms with Gasteiger partial charge in [-0.25, -0.2) is 0 Å². The van der Waals surface area contributed by atoms with E-state index in [1.165, 1.54) is 38.5 Å². The molecule has 1 nitrogen and oxygen atoms in total. The summed E-state index contributed by atoms with van der Waals surface area (Å²) in [6, 6.07) is 0. The molecule has 0 amide bonds. The van der Waals surface area contributed by atoms with Crippen molar-refractivity contribution in [1.29, 1.82) is 0 Å². The largest absolute Gasteiger partial charge is 0.415 e. The van der Waals surface area contributed by atoms with Crippen molar-refractivity contribution >= 4 is 8.32 Å². The number of hydrogen-bond acceptors (Lipinski definition) is 1. The first kappa shape index (κ1) is 14.2. The molecule has 0 saturated carbocycles. The molecule has 0 N–H and O–H groups in total. The zero-order chi connectivity index (χ0) is 11.0. The minimum absolute atomic E-state index is 0.475. The molecular formula is C12H28OSi. The van der Waals surface area contributed by atoms with Crippen LogP contribution in [-0.2, 0) is 4.43 Å². The summed E-state index contributed by atoms with van der Waals surface area (Å²) in [6.45, 7) is 11.3. The van der Waals surface area contributed by atoms with E-state index in [4.69, 9.17) is 4.43 Å². The third kappa shape index (κ3) is 10.3. The monoisotopic (exact) mass is 216 g/mol. The normalized spacial score (nSPS) is 14.4. The van der Waals surface area contributed by atoms with E-state index in [0.29, 0.717) is 6.10 Å². The van der Waals surface area contributed by atoms with Crippen LogP contribution >= 0.6 is 0 Å². The lowest BCUT2D eigenvalue weighted by Crippen LogP contribution is -2.30. The van der Waals surface area contributed by atoms with E-state index in [9.17, 15) is 0 Å². The number of unbranched alkanes of at least 4 members (excludes halogenated alkanes) is 4. The molecule has 0 spiro atoms. The summed E-state index contributed by atoms with van der Waals surface area (Å²) in [5, 5.41) is 0. The zero-order valence-electron chi connectivity index (χ0n) is 10.7. The summed E-state index contributed by atoms with van der Waals surface area (Å²) in [4.78, 5) is 0. The first-order chi connectivity index (χ1) is 6.45. The Hall–Kier alpha value is 0.177. The van der Waals surface area contributed by atoms with Crippen LogP contribution in [0.5, 0.6) is 0 Å². The smallest absolute Gasteiger partial charge is 0.184 e. The molecule has 0 aliphatic rings. The van der Waals surface area contributed by atoms with Gasteiger partial charge in [-0.3, -0.25) is 0 Å². The molecule has 0 aromatic carbocycles. The Morgan fingerprint density at radius 3 is 2.07 bits per heavy atom. The fraction of sp³-hybridized carbons (Fsp3) is 1.00. The maximum Gasteiger partial charge on any atom is 0.184 e. The summed E-state index contributed by atoms with van der Waals surface area (Å²) in [6.07, 6.45) is 8.57. The molecule has 0 aromatic rings. The predicted octanol–water partition coefficient (Wildman–Crippen LogP) is 4.59. The van der Waals surface area contributed by atoms with Gasteiger partial charge in [0.2, 0.25) is 0 Å². The van der Waals surface area contributed by atoms with E-state index in [2.05, 4.69) is 33.5 Å². The third-order valence-corrected chi connectivity index (χ3v) is 3.38. The van der Waals surface area contributed by atoms with Gasteiger partial charge >= 0.3 is 0 Å². The van der Waals surface area contributed by atoms with Crippen molar-refractivity contribution in [2.24, 2.45) is 0 Å². The molecule has 86 valence electrons. The highest BCUT2D eigenvalue weighted by Crippen LogP contribution is 2.13. The van der Waals surface area contributed by atoms with Crippen LogP contribution in [0.1, 0.15) is 52.4 Å². The molecule has 0 rings (SSSR count). The summed E-state index contributed by atoms with van der Waals surface area (Å²) < 4.78 is 5.98. The van der Waals surface area contributed by atoms with Gasteiger partial charge in [-0.15, -0.1) is 0 Å². The fourth-order valence-corrected chi connectivity index (χ4v) is 3.02. The Morgan fingerprint density at radius 2 is 1.57 bits per heavy atom. The van der Waals surface area contributed by atoms with Crippen molar-refractivity contribution < 1.29 is 4.43 Å². The number of rotatable bonds is 8. The lowest BCUT2D eigenvalue weighted by atomic mass is 10.1. The second-order valence-electron chi connectivity index (χ2n) is 5.24. The topological polar surface area (TPSA) is 9.23 Å². The van der Waals surface area contributed by atoms with Gasteiger partial charge in [0.1, 0.15) is 0 Å². The lowest BCUT2D eigenvalue weighted by molar-refractivity contribution is 0.199. The lowest BCUT2D eigenvalue weighted by Gasteiger charge is -2.23. The van der Waals surface area contributed by atoms with Crippen molar-refractivity contribution in [3.63, 3.8) is 0 Å². The fourth-order valence-electron chi connectivity index (χ4n) is 1.70. The minimum atomic E-state index is -1.30. The van der Waals surface area contributed by atoms with Gasteiger partial charge in [0, 0.05) is 6.10 Å². The zero-order valence-corrected chi connectivity index (χ0v) is 11.7. The summed E-state index contributed by atoms with van der Waals surface area (Å²) in [7, 11) is -1.30. The van der Waals surface area contributed by atoms with Crippen molar-refractivity contribution in [1.82, 2.24) is 0 Å². The molecule has 0 aliphatic carbocycles. The Morgan fingerprint density at radius 1 is 1.00 bits per heavy atom. The van der Waals surface area contributed by atoms with Crippen LogP contribution in [0.25, 0.3) is 0 Å². The van der Waals surface area contributed by atoms with Crippen LogP contribution in [0, 0.1) is 0 Å². The van der Waals surface area contributed by atoms with Crippen LogP contribution < -0.4 is 0 Å². The second-order valence-corrected chi connectivity index (χ2v) is 9.70. The van der Waals surface area contributed by atoms with Crippen molar-refractivity contribution in [3.8, 4) is 0 Å². The van der Waals surface area contributed by atoms with Gasteiger partial charge in [0.05, 0.1) is 0 Å². The van der Waals surface area contributed by atoms with Crippen LogP contribution in [-0.4, -0.2) is 14.4 Å². The minimum Gasteiger partial charge on any atom is -0.415 e. The van der Waals surface area contributed by atoms with Gasteiger partial charge < -0.3 is 4.43 Å². The first-order valence-electron chi connectivity index (χ1n) is 6.13. The van der Waals surface area contributed by atoms with E-state index < -0.39 is 8.32 Å². The van der Waals surface area contributed by atoms with E-state index in [1.54, 1.807) is 0 Å². The Labute approximate surface area is 91.4 Å². The Bertz CT molecular complexity index is 129. The maximum absolute atomic E-state index is 5.98. The van der Waals surface area contributed by atoms with Crippen molar-refractivity contribution in [3.05, 3.63) is 0 Å². The Kier molecular flexibility index (Phi) is 7.56. The summed E-state index contributed by atoms with van der Waals surface area (Å²) >= 11 is 0.